The number of Topliss-reactive ketones (excluding diaryl/α,β-unsaturated/α-hetero) is 1. The molecule has 0 aromatic carbocycles. The highest BCUT2D eigenvalue weighted by Crippen LogP contribution is 2.16. The molecule has 4 heteroatoms. The number of nitrogens with one attached hydrogen (secondary N) is 1. The molecule has 0 aliphatic carbocycles. The van der Waals surface area contributed by atoms with Gasteiger partial charge in [-0.2, -0.15) is 0 Å². The summed E-state index contributed by atoms with van der Waals surface area (Å²) in [7, 11) is 3.25. The minimum atomic E-state index is -0.0620. The van der Waals surface area contributed by atoms with Gasteiger partial charge in [0.15, 0.2) is 5.78 Å². The van der Waals surface area contributed by atoms with Crippen LogP contribution in [0, 0.1) is 6.92 Å². The number of aryl methyl sites for hydroxylation is 1. The van der Waals surface area contributed by atoms with Crippen LogP contribution < -0.4 is 10.1 Å². The predicted molar refractivity (Wildman–Crippen MR) is 53.8 cm³/mol. The van der Waals surface area contributed by atoms with Crippen molar-refractivity contribution in [3.05, 3.63) is 23.5 Å². The van der Waals surface area contributed by atoms with Gasteiger partial charge in [-0.15, -0.1) is 0 Å². The maximum Gasteiger partial charge on any atom is 0.198 e. The number of carbonyl (C=O) groups excluding carboxylic acids is 1. The van der Waals surface area contributed by atoms with Crippen LogP contribution in [-0.4, -0.2) is 31.5 Å². The molecule has 1 heterocycles. The van der Waals surface area contributed by atoms with Gasteiger partial charge in [0.05, 0.1) is 13.7 Å². The molecule has 1 rings (SSSR count). The molecule has 4 nitrogen and oxygen atoms in total. The molecule has 14 heavy (non-hydrogen) atoms. The van der Waals surface area contributed by atoms with Crippen LogP contribution in [0.1, 0.15) is 16.2 Å². The first-order chi connectivity index (χ1) is 6.69. The average molecular weight is 194 g/mol. The number of methoxy groups -OCH3 is 1. The molecule has 0 atom stereocenters. The van der Waals surface area contributed by atoms with Crippen molar-refractivity contribution in [1.29, 1.82) is 0 Å². The minimum absolute atomic E-state index is 0.0620. The van der Waals surface area contributed by atoms with Crippen molar-refractivity contribution in [2.24, 2.45) is 0 Å². The summed E-state index contributed by atoms with van der Waals surface area (Å²) in [5, 5.41) is 2.79. The maximum atomic E-state index is 11.6. The number of ketones is 1. The second-order valence-electron chi connectivity index (χ2n) is 2.96. The lowest BCUT2D eigenvalue weighted by molar-refractivity contribution is 0.0985. The topological polar surface area (TPSA) is 51.2 Å². The molecular weight excluding hydrogens is 180 g/mol. The number of likely N-dealkylation sites (N-methyl/N-ethyl adjacent to an activating group) is 1. The fourth-order valence-electron chi connectivity index (χ4n) is 1.15. The van der Waals surface area contributed by atoms with Crippen LogP contribution in [0.4, 0.5) is 0 Å². The molecule has 1 aromatic heterocycles. The van der Waals surface area contributed by atoms with E-state index in [1.807, 2.05) is 13.0 Å². The molecule has 0 unspecified atom stereocenters. The summed E-state index contributed by atoms with van der Waals surface area (Å²) in [5.41, 5.74) is 1.20. The summed E-state index contributed by atoms with van der Waals surface area (Å²) in [6.07, 6.45) is 0. The molecule has 0 saturated heterocycles. The van der Waals surface area contributed by atoms with E-state index in [4.69, 9.17) is 4.74 Å². The van der Waals surface area contributed by atoms with Crippen molar-refractivity contribution in [3.8, 4) is 5.75 Å². The second kappa shape index (κ2) is 4.72. The van der Waals surface area contributed by atoms with E-state index < -0.39 is 0 Å². The van der Waals surface area contributed by atoms with Gasteiger partial charge in [0.2, 0.25) is 0 Å². The summed E-state index contributed by atoms with van der Waals surface area (Å²) in [4.78, 5) is 15.7. The van der Waals surface area contributed by atoms with E-state index in [0.717, 1.165) is 5.69 Å². The Labute approximate surface area is 83.3 Å². The number of ether oxygens (including phenoxy) is 1. The Balaban J connectivity index is 3.03. The molecule has 0 saturated carbocycles. The predicted octanol–water partition coefficient (Wildman–Crippen LogP) is 0.801. The molecule has 0 spiro atoms. The van der Waals surface area contributed by atoms with Crippen molar-refractivity contribution in [2.45, 2.75) is 6.92 Å². The highest BCUT2D eigenvalue weighted by Gasteiger charge is 2.12. The van der Waals surface area contributed by atoms with Crippen molar-refractivity contribution >= 4 is 5.78 Å². The lowest BCUT2D eigenvalue weighted by atomic mass is 10.2. The third-order valence-corrected chi connectivity index (χ3v) is 1.82. The number of nitrogens with zero attached hydrogens (tertiary/aromatic N) is 1. The average Bonchev–Trinajstić information content (AvgIpc) is 2.18. The number of pyridine rings is 1. The maximum absolute atomic E-state index is 11.6. The number of aromatic nitrogens is 1. The fourth-order valence-corrected chi connectivity index (χ4v) is 1.15. The fraction of sp³-hybridized carbons (Fsp3) is 0.400. The Kier molecular flexibility index (Phi) is 3.59. The summed E-state index contributed by atoms with van der Waals surface area (Å²) in [6, 6.07) is 3.57. The zero-order chi connectivity index (χ0) is 10.6. The Morgan fingerprint density at radius 3 is 2.86 bits per heavy atom. The molecule has 1 N–H and O–H groups in total. The highest BCUT2D eigenvalue weighted by molar-refractivity contribution is 5.98. The zero-order valence-corrected chi connectivity index (χ0v) is 8.63. The molecule has 76 valence electrons. The third kappa shape index (κ3) is 2.29. The first-order valence-electron chi connectivity index (χ1n) is 4.38. The summed E-state index contributed by atoms with van der Waals surface area (Å²) >= 11 is 0. The van der Waals surface area contributed by atoms with Gasteiger partial charge in [0.1, 0.15) is 11.4 Å². The van der Waals surface area contributed by atoms with Crippen molar-refractivity contribution < 1.29 is 9.53 Å². The van der Waals surface area contributed by atoms with Gasteiger partial charge in [0, 0.05) is 5.69 Å². The van der Waals surface area contributed by atoms with Crippen molar-refractivity contribution in [1.82, 2.24) is 10.3 Å². The van der Waals surface area contributed by atoms with Crippen LogP contribution in [0.15, 0.2) is 12.1 Å². The first-order valence-corrected chi connectivity index (χ1v) is 4.38. The summed E-state index contributed by atoms with van der Waals surface area (Å²) in [5.74, 6) is 0.462. The Morgan fingerprint density at radius 1 is 1.57 bits per heavy atom. The van der Waals surface area contributed by atoms with E-state index in [2.05, 4.69) is 10.3 Å². The van der Waals surface area contributed by atoms with Gasteiger partial charge in [0.25, 0.3) is 0 Å². The molecule has 0 amide bonds. The SMILES string of the molecule is CNCC(=O)c1nc(C)ccc1OC. The summed E-state index contributed by atoms with van der Waals surface area (Å²) in [6.45, 7) is 2.11. The molecule has 0 aliphatic heterocycles. The smallest absolute Gasteiger partial charge is 0.198 e. The lowest BCUT2D eigenvalue weighted by Gasteiger charge is -2.06. The summed E-state index contributed by atoms with van der Waals surface area (Å²) < 4.78 is 5.06. The standard InChI is InChI=1S/C10H14N2O2/c1-7-4-5-9(14-3)10(12-7)8(13)6-11-2/h4-5,11H,6H2,1-3H3. The minimum Gasteiger partial charge on any atom is -0.494 e. The van der Waals surface area contributed by atoms with Crippen LogP contribution in [0.25, 0.3) is 0 Å². The van der Waals surface area contributed by atoms with Crippen LogP contribution in [0.3, 0.4) is 0 Å². The van der Waals surface area contributed by atoms with Gasteiger partial charge in [-0.25, -0.2) is 4.98 Å². The van der Waals surface area contributed by atoms with E-state index in [9.17, 15) is 4.79 Å². The largest absolute Gasteiger partial charge is 0.494 e. The number of hydrogen-bond acceptors (Lipinski definition) is 4. The zero-order valence-electron chi connectivity index (χ0n) is 8.63. The highest BCUT2D eigenvalue weighted by atomic mass is 16.5. The van der Waals surface area contributed by atoms with Crippen molar-refractivity contribution in [2.75, 3.05) is 20.7 Å². The number of carbonyl (C=O) groups is 1. The second-order valence-corrected chi connectivity index (χ2v) is 2.96. The third-order valence-electron chi connectivity index (χ3n) is 1.82. The van der Waals surface area contributed by atoms with Gasteiger partial charge < -0.3 is 10.1 Å². The molecule has 0 fully saturated rings. The van der Waals surface area contributed by atoms with Crippen molar-refractivity contribution in [3.63, 3.8) is 0 Å². The Morgan fingerprint density at radius 2 is 2.29 bits per heavy atom. The Bertz CT molecular complexity index is 337. The van der Waals surface area contributed by atoms with Crippen LogP contribution in [-0.2, 0) is 0 Å². The number of hydrogen-bond donors (Lipinski definition) is 1. The van der Waals surface area contributed by atoms with E-state index in [0.29, 0.717) is 11.4 Å². The van der Waals surface area contributed by atoms with Crippen LogP contribution in [0.2, 0.25) is 0 Å². The number of rotatable bonds is 4. The van der Waals surface area contributed by atoms with E-state index in [1.165, 1.54) is 7.11 Å². The molecule has 0 aliphatic rings. The van der Waals surface area contributed by atoms with E-state index in [1.54, 1.807) is 13.1 Å². The van der Waals surface area contributed by atoms with Crippen LogP contribution >= 0.6 is 0 Å². The molecule has 1 aromatic rings. The first kappa shape index (κ1) is 10.7. The monoisotopic (exact) mass is 194 g/mol. The van der Waals surface area contributed by atoms with E-state index >= 15 is 0 Å². The molecule has 0 bridgehead atoms. The Hall–Kier alpha value is -1.42. The van der Waals surface area contributed by atoms with Gasteiger partial charge >= 0.3 is 0 Å². The van der Waals surface area contributed by atoms with Crippen LogP contribution in [0.5, 0.6) is 5.75 Å². The lowest BCUT2D eigenvalue weighted by Crippen LogP contribution is -2.20. The van der Waals surface area contributed by atoms with Gasteiger partial charge in [-0.05, 0) is 26.1 Å². The normalized spacial score (nSPS) is 9.93. The molecule has 0 radical (unpaired) electrons. The quantitative estimate of drug-likeness (QED) is 0.720. The van der Waals surface area contributed by atoms with Gasteiger partial charge in [-0.3, -0.25) is 4.79 Å². The molecular formula is C10H14N2O2. The van der Waals surface area contributed by atoms with Gasteiger partial charge in [-0.1, -0.05) is 0 Å². The van der Waals surface area contributed by atoms with E-state index in [-0.39, 0.29) is 12.3 Å².